The summed E-state index contributed by atoms with van der Waals surface area (Å²) in [5, 5.41) is 11.1. The molecule has 0 aromatic carbocycles. The molecule has 0 heterocycles. The molecule has 0 spiro atoms. The first kappa shape index (κ1) is 49.6. The molecule has 52 heavy (non-hydrogen) atoms. The van der Waals surface area contributed by atoms with E-state index in [1.807, 2.05) is 0 Å². The van der Waals surface area contributed by atoms with Crippen molar-refractivity contribution in [2.24, 2.45) is 0 Å². The first-order chi connectivity index (χ1) is 25.5. The number of carbonyl (C=O) groups is 3. The number of carbonyl (C=O) groups excluding carboxylic acids is 2. The van der Waals surface area contributed by atoms with Gasteiger partial charge in [-0.25, -0.2) is 0 Å². The zero-order chi connectivity index (χ0) is 38.0. The Bertz CT molecular complexity index is 895. The molecule has 0 aromatic heterocycles. The molecule has 0 fully saturated rings. The van der Waals surface area contributed by atoms with E-state index < -0.39 is 5.97 Å². The lowest BCUT2D eigenvalue weighted by Gasteiger charge is -2.15. The zero-order valence-corrected chi connectivity index (χ0v) is 34.2. The maximum atomic E-state index is 12.7. The van der Waals surface area contributed by atoms with Crippen molar-refractivity contribution >= 4 is 17.8 Å². The number of allylic oxidation sites excluding steroid dienone is 5. The molecule has 0 rings (SSSR count). The molecule has 6 heteroatoms. The van der Waals surface area contributed by atoms with Crippen molar-refractivity contribution in [3.05, 3.63) is 36.5 Å². The van der Waals surface area contributed by atoms with Gasteiger partial charge >= 0.3 is 11.9 Å². The maximum absolute atomic E-state index is 12.7. The summed E-state index contributed by atoms with van der Waals surface area (Å²) in [5.41, 5.74) is 0. The molecule has 0 saturated carbocycles. The Labute approximate surface area is 321 Å². The van der Waals surface area contributed by atoms with Gasteiger partial charge in [0.2, 0.25) is 5.91 Å². The van der Waals surface area contributed by atoms with Crippen molar-refractivity contribution in [1.82, 2.24) is 5.32 Å². The maximum Gasteiger partial charge on any atom is 0.322 e. The van der Waals surface area contributed by atoms with Crippen molar-refractivity contribution in [2.45, 2.75) is 232 Å². The van der Waals surface area contributed by atoms with E-state index in [1.54, 1.807) is 0 Å². The van der Waals surface area contributed by atoms with Gasteiger partial charge in [0.15, 0.2) is 0 Å². The molecule has 1 amide bonds. The summed E-state index contributed by atoms with van der Waals surface area (Å²) in [4.78, 5) is 34.9. The van der Waals surface area contributed by atoms with Gasteiger partial charge < -0.3 is 15.2 Å². The van der Waals surface area contributed by atoms with Gasteiger partial charge in [-0.3, -0.25) is 14.4 Å². The van der Waals surface area contributed by atoms with Crippen LogP contribution in [0, 0.1) is 0 Å². The molecule has 2 N–H and O–H groups in total. The van der Waals surface area contributed by atoms with Crippen LogP contribution in [0.3, 0.4) is 0 Å². The van der Waals surface area contributed by atoms with Gasteiger partial charge in [0, 0.05) is 12.8 Å². The minimum Gasteiger partial charge on any atom is -0.480 e. The van der Waals surface area contributed by atoms with Gasteiger partial charge in [0.1, 0.15) is 12.6 Å². The Morgan fingerprint density at radius 3 is 1.44 bits per heavy atom. The van der Waals surface area contributed by atoms with E-state index in [1.165, 1.54) is 128 Å². The molecule has 6 nitrogen and oxygen atoms in total. The quantitative estimate of drug-likeness (QED) is 0.0372. The predicted octanol–water partition coefficient (Wildman–Crippen LogP) is 13.7. The molecule has 302 valence electrons. The Kier molecular flexibility index (Phi) is 39.5. The molecule has 0 bridgehead atoms. The van der Waals surface area contributed by atoms with E-state index in [2.05, 4.69) is 55.6 Å². The Hall–Kier alpha value is -2.37. The molecule has 0 aliphatic carbocycles. The second-order valence-corrected chi connectivity index (χ2v) is 14.9. The molecule has 0 aliphatic rings. The van der Waals surface area contributed by atoms with Crippen LogP contribution in [0.5, 0.6) is 0 Å². The van der Waals surface area contributed by atoms with Crippen LogP contribution in [0.25, 0.3) is 0 Å². The number of carboxylic acid groups (broad SMARTS) is 1. The average Bonchev–Trinajstić information content (AvgIpc) is 3.13. The summed E-state index contributed by atoms with van der Waals surface area (Å²) in [7, 11) is 0. The Morgan fingerprint density at radius 1 is 0.519 bits per heavy atom. The third kappa shape index (κ3) is 40.4. The molecule has 0 radical (unpaired) electrons. The number of amides is 1. The van der Waals surface area contributed by atoms with Gasteiger partial charge in [0.25, 0.3) is 0 Å². The fraction of sp³-hybridized carbons (Fsp3) is 0.804. The lowest BCUT2D eigenvalue weighted by molar-refractivity contribution is -0.147. The number of nitrogens with one attached hydrogen (secondary N) is 1. The number of unbranched alkanes of at least 4 members (excludes halogenated alkanes) is 25. The first-order valence-corrected chi connectivity index (χ1v) is 22.1. The van der Waals surface area contributed by atoms with E-state index in [0.29, 0.717) is 12.8 Å². The lowest BCUT2D eigenvalue weighted by atomic mass is 10.0. The summed E-state index contributed by atoms with van der Waals surface area (Å²) in [6.45, 7) is 4.21. The second-order valence-electron chi connectivity index (χ2n) is 14.9. The van der Waals surface area contributed by atoms with Crippen LogP contribution in [0.4, 0.5) is 0 Å². The normalized spacial score (nSPS) is 12.3. The van der Waals surface area contributed by atoms with Gasteiger partial charge in [-0.05, 0) is 76.7 Å². The van der Waals surface area contributed by atoms with Crippen LogP contribution in [-0.4, -0.2) is 35.6 Å². The van der Waals surface area contributed by atoms with Crippen molar-refractivity contribution in [1.29, 1.82) is 0 Å². The molecule has 0 aromatic rings. The highest BCUT2D eigenvalue weighted by Crippen LogP contribution is 2.16. The number of ether oxygens (including phenoxy) is 1. The third-order valence-corrected chi connectivity index (χ3v) is 9.77. The SMILES string of the molecule is CCCCCCC/C=C\C/C=C\CCCCCCCCCCCC(=O)OC(/C=C\CCCCCCCC)CCCCCCCCC(=O)NCC(=O)O. The summed E-state index contributed by atoms with van der Waals surface area (Å²) in [5.74, 6) is -1.27. The largest absolute Gasteiger partial charge is 0.480 e. The van der Waals surface area contributed by atoms with Crippen molar-refractivity contribution in [3.8, 4) is 0 Å². The van der Waals surface area contributed by atoms with Crippen LogP contribution in [0.1, 0.15) is 226 Å². The molecular weight excluding hydrogens is 647 g/mol. The number of hydrogen-bond acceptors (Lipinski definition) is 4. The van der Waals surface area contributed by atoms with Gasteiger partial charge in [-0.15, -0.1) is 0 Å². The minimum atomic E-state index is -1.02. The number of rotatable bonds is 40. The van der Waals surface area contributed by atoms with Crippen molar-refractivity contribution in [2.75, 3.05) is 6.54 Å². The minimum absolute atomic E-state index is 0.0572. The van der Waals surface area contributed by atoms with E-state index >= 15 is 0 Å². The number of hydrogen-bond donors (Lipinski definition) is 2. The Balaban J connectivity index is 4.02. The molecule has 0 aliphatic heterocycles. The second kappa shape index (κ2) is 41.4. The van der Waals surface area contributed by atoms with Crippen LogP contribution in [-0.2, 0) is 19.1 Å². The molecule has 1 unspecified atom stereocenters. The van der Waals surface area contributed by atoms with Crippen molar-refractivity contribution in [3.63, 3.8) is 0 Å². The van der Waals surface area contributed by atoms with Crippen LogP contribution in [0.2, 0.25) is 0 Å². The van der Waals surface area contributed by atoms with Gasteiger partial charge in [-0.2, -0.15) is 0 Å². The van der Waals surface area contributed by atoms with Gasteiger partial charge in [0.05, 0.1) is 0 Å². The number of esters is 1. The monoisotopic (exact) mass is 730 g/mol. The lowest BCUT2D eigenvalue weighted by Crippen LogP contribution is -2.28. The molecular formula is C46H83NO5. The smallest absolute Gasteiger partial charge is 0.322 e. The molecule has 0 saturated heterocycles. The van der Waals surface area contributed by atoms with Gasteiger partial charge in [-0.1, -0.05) is 173 Å². The van der Waals surface area contributed by atoms with Crippen LogP contribution in [0.15, 0.2) is 36.5 Å². The fourth-order valence-electron chi connectivity index (χ4n) is 6.45. The zero-order valence-electron chi connectivity index (χ0n) is 34.2. The highest BCUT2D eigenvalue weighted by atomic mass is 16.5. The van der Waals surface area contributed by atoms with Crippen LogP contribution < -0.4 is 5.32 Å². The topological polar surface area (TPSA) is 92.7 Å². The average molecular weight is 730 g/mol. The standard InChI is InChI=1S/C46H83NO5/c1-3-5-7-9-11-13-14-15-16-17-18-19-20-21-22-23-24-25-27-33-37-41-46(51)52-43(38-34-30-26-12-10-8-6-4-2)39-35-31-28-29-32-36-40-44(48)47-42-45(49)50/h14-15,17-18,34,38,43H,3-13,16,19-33,35-37,39-42H2,1-2H3,(H,47,48)(H,49,50)/b15-14-,18-17-,38-34-. The van der Waals surface area contributed by atoms with Crippen molar-refractivity contribution < 1.29 is 24.2 Å². The predicted molar refractivity (Wildman–Crippen MR) is 222 cm³/mol. The Morgan fingerprint density at radius 2 is 0.942 bits per heavy atom. The highest BCUT2D eigenvalue weighted by molar-refractivity contribution is 5.80. The number of aliphatic carboxylic acids is 1. The molecule has 1 atom stereocenters. The number of carboxylic acids is 1. The van der Waals surface area contributed by atoms with E-state index in [9.17, 15) is 14.4 Å². The summed E-state index contributed by atoms with van der Waals surface area (Å²) in [6.07, 6.45) is 51.5. The summed E-state index contributed by atoms with van der Waals surface area (Å²) in [6, 6.07) is 0. The van der Waals surface area contributed by atoms with E-state index in [-0.39, 0.29) is 24.5 Å². The summed E-state index contributed by atoms with van der Waals surface area (Å²) >= 11 is 0. The fourth-order valence-corrected chi connectivity index (χ4v) is 6.45. The third-order valence-electron chi connectivity index (χ3n) is 9.77. The highest BCUT2D eigenvalue weighted by Gasteiger charge is 2.12. The van der Waals surface area contributed by atoms with Crippen LogP contribution >= 0.6 is 0 Å². The van der Waals surface area contributed by atoms with E-state index in [0.717, 1.165) is 70.6 Å². The van der Waals surface area contributed by atoms with E-state index in [4.69, 9.17) is 9.84 Å². The summed E-state index contributed by atoms with van der Waals surface area (Å²) < 4.78 is 5.95. The first-order valence-electron chi connectivity index (χ1n) is 22.1.